The standard InChI is InChI=1S/C15H21N3O/c1-12-5-3-4-6-15(12)13(2)16-9-14-10-17-18(11-14)7-8-19/h3-6,10-11,13,16,19H,7-9H2,1-2H3/t13-/m1/s1. The summed E-state index contributed by atoms with van der Waals surface area (Å²) in [6.45, 7) is 5.75. The molecule has 0 spiro atoms. The first-order valence-corrected chi connectivity index (χ1v) is 6.62. The molecule has 102 valence electrons. The van der Waals surface area contributed by atoms with Crippen molar-refractivity contribution in [1.29, 1.82) is 0 Å². The fraction of sp³-hybridized carbons (Fsp3) is 0.400. The Bertz CT molecular complexity index is 522. The summed E-state index contributed by atoms with van der Waals surface area (Å²) in [7, 11) is 0. The quantitative estimate of drug-likeness (QED) is 0.834. The largest absolute Gasteiger partial charge is 0.394 e. The average molecular weight is 259 g/mol. The van der Waals surface area contributed by atoms with E-state index in [-0.39, 0.29) is 6.61 Å². The van der Waals surface area contributed by atoms with Gasteiger partial charge in [-0.05, 0) is 25.0 Å². The van der Waals surface area contributed by atoms with E-state index in [4.69, 9.17) is 5.11 Å². The topological polar surface area (TPSA) is 50.1 Å². The van der Waals surface area contributed by atoms with Gasteiger partial charge in [-0.15, -0.1) is 0 Å². The van der Waals surface area contributed by atoms with Crippen molar-refractivity contribution in [3.63, 3.8) is 0 Å². The first kappa shape index (κ1) is 13.8. The minimum Gasteiger partial charge on any atom is -0.394 e. The van der Waals surface area contributed by atoms with E-state index in [9.17, 15) is 0 Å². The van der Waals surface area contributed by atoms with Crippen LogP contribution >= 0.6 is 0 Å². The van der Waals surface area contributed by atoms with Gasteiger partial charge in [0.25, 0.3) is 0 Å². The van der Waals surface area contributed by atoms with Crippen molar-refractivity contribution in [2.24, 2.45) is 0 Å². The second kappa shape index (κ2) is 6.50. The zero-order valence-electron chi connectivity index (χ0n) is 11.5. The number of aryl methyl sites for hydroxylation is 1. The molecule has 2 aromatic rings. The van der Waals surface area contributed by atoms with Gasteiger partial charge in [0.15, 0.2) is 0 Å². The molecule has 0 saturated heterocycles. The molecule has 1 aromatic heterocycles. The molecule has 2 rings (SSSR count). The second-order valence-corrected chi connectivity index (χ2v) is 4.79. The van der Waals surface area contributed by atoms with Gasteiger partial charge in [0.1, 0.15) is 0 Å². The number of hydrogen-bond donors (Lipinski definition) is 2. The van der Waals surface area contributed by atoms with Gasteiger partial charge in [-0.2, -0.15) is 5.10 Å². The fourth-order valence-electron chi connectivity index (χ4n) is 2.18. The van der Waals surface area contributed by atoms with Crippen LogP contribution in [0.4, 0.5) is 0 Å². The molecular weight excluding hydrogens is 238 g/mol. The number of aliphatic hydroxyl groups excluding tert-OH is 1. The predicted octanol–water partition coefficient (Wildman–Crippen LogP) is 2.03. The first-order chi connectivity index (χ1) is 9.20. The van der Waals surface area contributed by atoms with Gasteiger partial charge in [-0.3, -0.25) is 4.68 Å². The maximum absolute atomic E-state index is 8.85. The molecule has 0 bridgehead atoms. The lowest BCUT2D eigenvalue weighted by Gasteiger charge is -2.15. The van der Waals surface area contributed by atoms with Gasteiger partial charge in [0.05, 0.1) is 19.3 Å². The summed E-state index contributed by atoms with van der Waals surface area (Å²) in [6.07, 6.45) is 3.81. The van der Waals surface area contributed by atoms with Crippen molar-refractivity contribution in [2.75, 3.05) is 6.61 Å². The Morgan fingerprint density at radius 3 is 2.89 bits per heavy atom. The summed E-state index contributed by atoms with van der Waals surface area (Å²) >= 11 is 0. The van der Waals surface area contributed by atoms with Gasteiger partial charge in [0.2, 0.25) is 0 Å². The maximum Gasteiger partial charge on any atom is 0.0640 e. The van der Waals surface area contributed by atoms with Crippen molar-refractivity contribution in [3.05, 3.63) is 53.3 Å². The molecule has 0 aliphatic carbocycles. The number of rotatable bonds is 6. The molecule has 4 nitrogen and oxygen atoms in total. The van der Waals surface area contributed by atoms with Gasteiger partial charge >= 0.3 is 0 Å². The molecule has 0 saturated carbocycles. The predicted molar refractivity (Wildman–Crippen MR) is 75.7 cm³/mol. The van der Waals surface area contributed by atoms with Crippen LogP contribution in [-0.4, -0.2) is 21.5 Å². The average Bonchev–Trinajstić information content (AvgIpc) is 2.85. The van der Waals surface area contributed by atoms with E-state index in [1.54, 1.807) is 4.68 Å². The van der Waals surface area contributed by atoms with Crippen molar-refractivity contribution in [3.8, 4) is 0 Å². The highest BCUT2D eigenvalue weighted by Gasteiger charge is 2.07. The summed E-state index contributed by atoms with van der Waals surface area (Å²) in [4.78, 5) is 0. The second-order valence-electron chi connectivity index (χ2n) is 4.79. The summed E-state index contributed by atoms with van der Waals surface area (Å²) < 4.78 is 1.76. The molecule has 2 N–H and O–H groups in total. The van der Waals surface area contributed by atoms with Crippen LogP contribution in [0.25, 0.3) is 0 Å². The van der Waals surface area contributed by atoms with Crippen LogP contribution in [-0.2, 0) is 13.1 Å². The Hall–Kier alpha value is -1.65. The third-order valence-corrected chi connectivity index (χ3v) is 3.28. The van der Waals surface area contributed by atoms with Crippen LogP contribution in [0.5, 0.6) is 0 Å². The maximum atomic E-state index is 8.85. The Morgan fingerprint density at radius 2 is 2.16 bits per heavy atom. The van der Waals surface area contributed by atoms with E-state index in [2.05, 4.69) is 48.5 Å². The number of nitrogens with one attached hydrogen (secondary N) is 1. The van der Waals surface area contributed by atoms with Crippen molar-refractivity contribution in [1.82, 2.24) is 15.1 Å². The number of nitrogens with zero attached hydrogens (tertiary/aromatic N) is 2. The molecule has 0 aliphatic rings. The fourth-order valence-corrected chi connectivity index (χ4v) is 2.18. The Kier molecular flexibility index (Phi) is 4.71. The minimum absolute atomic E-state index is 0.119. The summed E-state index contributed by atoms with van der Waals surface area (Å²) in [6, 6.07) is 8.72. The molecule has 0 aliphatic heterocycles. The summed E-state index contributed by atoms with van der Waals surface area (Å²) in [5.41, 5.74) is 3.76. The van der Waals surface area contributed by atoms with Crippen LogP contribution in [0.2, 0.25) is 0 Å². The lowest BCUT2D eigenvalue weighted by atomic mass is 10.0. The van der Waals surface area contributed by atoms with E-state index in [1.165, 1.54) is 11.1 Å². The number of benzene rings is 1. The molecule has 1 atom stereocenters. The van der Waals surface area contributed by atoms with E-state index in [0.717, 1.165) is 12.1 Å². The highest BCUT2D eigenvalue weighted by Crippen LogP contribution is 2.17. The van der Waals surface area contributed by atoms with E-state index in [0.29, 0.717) is 12.6 Å². The Labute approximate surface area is 114 Å². The SMILES string of the molecule is Cc1ccccc1[C@@H](C)NCc1cnn(CCO)c1. The van der Waals surface area contributed by atoms with E-state index >= 15 is 0 Å². The van der Waals surface area contributed by atoms with Crippen LogP contribution in [0, 0.1) is 6.92 Å². The van der Waals surface area contributed by atoms with Crippen LogP contribution in [0.3, 0.4) is 0 Å². The zero-order valence-corrected chi connectivity index (χ0v) is 11.5. The molecule has 19 heavy (non-hydrogen) atoms. The number of aromatic nitrogens is 2. The number of aliphatic hydroxyl groups is 1. The van der Waals surface area contributed by atoms with Gasteiger partial charge in [0, 0.05) is 24.3 Å². The monoisotopic (exact) mass is 259 g/mol. The summed E-state index contributed by atoms with van der Waals surface area (Å²) in [5, 5.41) is 16.5. The van der Waals surface area contributed by atoms with Crippen molar-refractivity contribution in [2.45, 2.75) is 33.0 Å². The molecular formula is C15H21N3O. The molecule has 1 aromatic carbocycles. The normalized spacial score (nSPS) is 12.6. The van der Waals surface area contributed by atoms with E-state index in [1.807, 2.05) is 12.4 Å². The smallest absolute Gasteiger partial charge is 0.0640 e. The molecule has 0 unspecified atom stereocenters. The van der Waals surface area contributed by atoms with Crippen molar-refractivity contribution >= 4 is 0 Å². The molecule has 0 fully saturated rings. The third-order valence-electron chi connectivity index (χ3n) is 3.28. The van der Waals surface area contributed by atoms with Gasteiger partial charge in [-0.1, -0.05) is 24.3 Å². The molecule has 0 radical (unpaired) electrons. The third kappa shape index (κ3) is 3.66. The molecule has 4 heteroatoms. The zero-order chi connectivity index (χ0) is 13.7. The van der Waals surface area contributed by atoms with Gasteiger partial charge in [-0.25, -0.2) is 0 Å². The van der Waals surface area contributed by atoms with E-state index < -0.39 is 0 Å². The first-order valence-electron chi connectivity index (χ1n) is 6.62. The lowest BCUT2D eigenvalue weighted by molar-refractivity contribution is 0.269. The molecule has 0 amide bonds. The van der Waals surface area contributed by atoms with Crippen LogP contribution in [0.1, 0.15) is 29.7 Å². The Morgan fingerprint density at radius 1 is 1.37 bits per heavy atom. The number of hydrogen-bond acceptors (Lipinski definition) is 3. The highest BCUT2D eigenvalue weighted by molar-refractivity contribution is 5.28. The van der Waals surface area contributed by atoms with Crippen molar-refractivity contribution < 1.29 is 5.11 Å². The highest BCUT2D eigenvalue weighted by atomic mass is 16.3. The summed E-state index contributed by atoms with van der Waals surface area (Å²) in [5.74, 6) is 0. The van der Waals surface area contributed by atoms with Gasteiger partial charge < -0.3 is 10.4 Å². The van der Waals surface area contributed by atoms with Crippen LogP contribution in [0.15, 0.2) is 36.7 Å². The minimum atomic E-state index is 0.119. The van der Waals surface area contributed by atoms with Crippen LogP contribution < -0.4 is 5.32 Å². The Balaban J connectivity index is 1.92. The lowest BCUT2D eigenvalue weighted by Crippen LogP contribution is -2.18. The molecule has 1 heterocycles.